The third-order valence-electron chi connectivity index (χ3n) is 6.87. The number of hydrogen-bond donors (Lipinski definition) is 3. The van der Waals surface area contributed by atoms with Gasteiger partial charge in [-0.15, -0.1) is 0 Å². The highest BCUT2D eigenvalue weighted by atomic mass is 19.4. The zero-order valence-electron chi connectivity index (χ0n) is 22.3. The van der Waals surface area contributed by atoms with Crippen molar-refractivity contribution >= 4 is 17.3 Å². The number of likely N-dealkylation sites (N-methyl/N-ethyl adjacent to an activating group) is 1. The van der Waals surface area contributed by atoms with Crippen LogP contribution in [0.15, 0.2) is 60.6 Å². The molecule has 0 saturated carbocycles. The Kier molecular flexibility index (Phi) is 9.04. The van der Waals surface area contributed by atoms with Crippen molar-refractivity contribution in [1.29, 1.82) is 5.41 Å². The quantitative estimate of drug-likeness (QED) is 0.374. The van der Waals surface area contributed by atoms with E-state index in [1.54, 1.807) is 18.2 Å². The maximum atomic E-state index is 13.9. The van der Waals surface area contributed by atoms with Crippen LogP contribution in [0.4, 0.5) is 18.9 Å². The fraction of sp³-hybridized carbons (Fsp3) is 0.345. The lowest BCUT2D eigenvalue weighted by Gasteiger charge is -2.33. The topological polar surface area (TPSA) is 108 Å². The van der Waals surface area contributed by atoms with E-state index in [4.69, 9.17) is 15.9 Å². The number of alkyl halides is 3. The van der Waals surface area contributed by atoms with E-state index in [2.05, 4.69) is 27.0 Å². The van der Waals surface area contributed by atoms with Crippen molar-refractivity contribution in [2.45, 2.75) is 18.8 Å². The number of piperazine rings is 1. The minimum atomic E-state index is -4.57. The van der Waals surface area contributed by atoms with Crippen LogP contribution in [0.3, 0.4) is 0 Å². The van der Waals surface area contributed by atoms with Crippen molar-refractivity contribution in [1.82, 2.24) is 14.8 Å². The first-order valence-corrected chi connectivity index (χ1v) is 12.7. The van der Waals surface area contributed by atoms with Crippen LogP contribution in [0, 0.1) is 23.2 Å². The van der Waals surface area contributed by atoms with E-state index in [9.17, 15) is 18.0 Å². The molecule has 0 spiro atoms. The maximum Gasteiger partial charge on any atom is 0.416 e. The van der Waals surface area contributed by atoms with Crippen LogP contribution in [0.2, 0.25) is 0 Å². The summed E-state index contributed by atoms with van der Waals surface area (Å²) >= 11 is 0. The summed E-state index contributed by atoms with van der Waals surface area (Å²) in [5, 5.41) is 10.8. The highest BCUT2D eigenvalue weighted by molar-refractivity contribution is 6.04. The van der Waals surface area contributed by atoms with E-state index in [0.29, 0.717) is 24.4 Å². The summed E-state index contributed by atoms with van der Waals surface area (Å²) in [7, 11) is 3.49. The Morgan fingerprint density at radius 2 is 1.98 bits per heavy atom. The molecule has 1 aliphatic heterocycles. The number of amides is 1. The monoisotopic (exact) mass is 552 g/mol. The molecule has 1 fully saturated rings. The Labute approximate surface area is 231 Å². The molecular formula is C29H31F3N6O2. The number of ether oxygens (including phenoxy) is 1. The van der Waals surface area contributed by atoms with Gasteiger partial charge in [0.1, 0.15) is 5.76 Å². The van der Waals surface area contributed by atoms with Crippen LogP contribution < -0.4 is 11.1 Å². The van der Waals surface area contributed by atoms with E-state index in [1.165, 1.54) is 37.7 Å². The average Bonchev–Trinajstić information content (AvgIpc) is 2.93. The molecule has 2 unspecified atom stereocenters. The number of carbonyl (C=O) groups is 1. The summed E-state index contributed by atoms with van der Waals surface area (Å²) in [5.74, 6) is 5.00. The standard InChI is InChI=1S/C29H31F3N6O2/c1-37-10-12-38(13-11-37)18-20-7-8-22(15-24(20)29(30,31)32)36-28(39)21-14-19(16-35-17-21)6-9-25(33)23-4-3-5-26(40-2)27(23)34/h3-5,7-8,14-17,23,27,33H,10-13,18,34H2,1-2H3,(H,36,39). The Hall–Kier alpha value is -3.98. The fourth-order valence-electron chi connectivity index (χ4n) is 4.52. The van der Waals surface area contributed by atoms with Gasteiger partial charge in [-0.25, -0.2) is 0 Å². The van der Waals surface area contributed by atoms with Gasteiger partial charge in [-0.05, 0) is 42.8 Å². The van der Waals surface area contributed by atoms with Crippen molar-refractivity contribution in [3.63, 3.8) is 0 Å². The lowest BCUT2D eigenvalue weighted by Crippen LogP contribution is -2.44. The molecule has 4 N–H and O–H groups in total. The van der Waals surface area contributed by atoms with E-state index in [1.807, 2.05) is 11.9 Å². The lowest BCUT2D eigenvalue weighted by atomic mass is 9.90. The first-order valence-electron chi connectivity index (χ1n) is 12.7. The third-order valence-corrected chi connectivity index (χ3v) is 6.87. The number of nitrogens with zero attached hydrogens (tertiary/aromatic N) is 3. The Bertz CT molecular complexity index is 1380. The molecule has 1 aromatic carbocycles. The van der Waals surface area contributed by atoms with Crippen molar-refractivity contribution in [2.75, 3.05) is 45.7 Å². The first-order chi connectivity index (χ1) is 19.0. The van der Waals surface area contributed by atoms with E-state index in [0.717, 1.165) is 19.2 Å². The van der Waals surface area contributed by atoms with Gasteiger partial charge < -0.3 is 20.7 Å². The number of aromatic nitrogens is 1. The Morgan fingerprint density at radius 1 is 1.23 bits per heavy atom. The van der Waals surface area contributed by atoms with E-state index in [-0.39, 0.29) is 29.1 Å². The summed E-state index contributed by atoms with van der Waals surface area (Å²) in [6, 6.07) is 4.77. The van der Waals surface area contributed by atoms with Crippen LogP contribution in [0.1, 0.15) is 27.0 Å². The number of pyridine rings is 1. The number of benzene rings is 1. The number of nitrogens with one attached hydrogen (secondary N) is 2. The number of nitrogens with two attached hydrogens (primary N) is 1. The third kappa shape index (κ3) is 7.15. The normalized spacial score (nSPS) is 19.8. The van der Waals surface area contributed by atoms with Gasteiger partial charge in [0.15, 0.2) is 0 Å². The van der Waals surface area contributed by atoms with Crippen LogP contribution in [0.5, 0.6) is 0 Å². The minimum absolute atomic E-state index is 0.0257. The molecule has 1 aliphatic carbocycles. The molecule has 0 radical (unpaired) electrons. The summed E-state index contributed by atoms with van der Waals surface area (Å²) in [4.78, 5) is 21.0. The molecule has 1 aromatic heterocycles. The second-order valence-corrected chi connectivity index (χ2v) is 9.74. The van der Waals surface area contributed by atoms with Gasteiger partial charge in [0.2, 0.25) is 0 Å². The van der Waals surface area contributed by atoms with Gasteiger partial charge >= 0.3 is 6.18 Å². The second kappa shape index (κ2) is 12.5. The van der Waals surface area contributed by atoms with Gasteiger partial charge in [-0.2, -0.15) is 13.2 Å². The van der Waals surface area contributed by atoms with Crippen LogP contribution in [-0.2, 0) is 17.5 Å². The molecule has 4 rings (SSSR count). The van der Waals surface area contributed by atoms with Gasteiger partial charge in [-0.1, -0.05) is 24.1 Å². The fourth-order valence-corrected chi connectivity index (χ4v) is 4.52. The minimum Gasteiger partial charge on any atom is -0.499 e. The highest BCUT2D eigenvalue weighted by Crippen LogP contribution is 2.34. The molecule has 2 aromatic rings. The van der Waals surface area contributed by atoms with E-state index >= 15 is 0 Å². The number of rotatable bonds is 6. The second-order valence-electron chi connectivity index (χ2n) is 9.74. The van der Waals surface area contributed by atoms with Gasteiger partial charge in [0.05, 0.1) is 30.0 Å². The zero-order valence-corrected chi connectivity index (χ0v) is 22.3. The maximum absolute atomic E-state index is 13.9. The summed E-state index contributed by atoms with van der Waals surface area (Å²) < 4.78 is 46.9. The predicted octanol–water partition coefficient (Wildman–Crippen LogP) is 3.51. The van der Waals surface area contributed by atoms with Crippen LogP contribution in [0.25, 0.3) is 0 Å². The number of carbonyl (C=O) groups excluding carboxylic acids is 1. The number of halogens is 3. The highest BCUT2D eigenvalue weighted by Gasteiger charge is 2.34. The molecule has 210 valence electrons. The molecule has 8 nitrogen and oxygen atoms in total. The molecule has 11 heteroatoms. The predicted molar refractivity (Wildman–Crippen MR) is 147 cm³/mol. The van der Waals surface area contributed by atoms with Crippen molar-refractivity contribution < 1.29 is 22.7 Å². The van der Waals surface area contributed by atoms with Crippen molar-refractivity contribution in [3.8, 4) is 11.8 Å². The zero-order chi connectivity index (χ0) is 28.9. The molecule has 1 amide bonds. The molecule has 2 heterocycles. The number of anilines is 1. The average molecular weight is 553 g/mol. The summed E-state index contributed by atoms with van der Waals surface area (Å²) in [5.41, 5.74) is 6.11. The number of methoxy groups -OCH3 is 1. The van der Waals surface area contributed by atoms with Crippen LogP contribution >= 0.6 is 0 Å². The molecule has 1 saturated heterocycles. The smallest absolute Gasteiger partial charge is 0.416 e. The number of hydrogen-bond acceptors (Lipinski definition) is 7. The molecule has 2 aliphatic rings. The van der Waals surface area contributed by atoms with Gasteiger partial charge in [-0.3, -0.25) is 20.1 Å². The lowest BCUT2D eigenvalue weighted by molar-refractivity contribution is -0.138. The molecule has 2 atom stereocenters. The van der Waals surface area contributed by atoms with Crippen molar-refractivity contribution in [3.05, 3.63) is 82.9 Å². The molecular weight excluding hydrogens is 521 g/mol. The summed E-state index contributed by atoms with van der Waals surface area (Å²) in [6.45, 7) is 3.15. The largest absolute Gasteiger partial charge is 0.499 e. The first kappa shape index (κ1) is 29.0. The van der Waals surface area contributed by atoms with E-state index < -0.39 is 29.6 Å². The molecule has 0 bridgehead atoms. The van der Waals surface area contributed by atoms with Gasteiger partial charge in [0, 0.05) is 62.3 Å². The van der Waals surface area contributed by atoms with Crippen LogP contribution in [-0.4, -0.2) is 72.8 Å². The van der Waals surface area contributed by atoms with Crippen molar-refractivity contribution in [2.24, 2.45) is 11.7 Å². The Balaban J connectivity index is 1.46. The number of allylic oxidation sites excluding steroid dienone is 2. The molecule has 40 heavy (non-hydrogen) atoms. The van der Waals surface area contributed by atoms with Gasteiger partial charge in [0.25, 0.3) is 5.91 Å². The Morgan fingerprint density at radius 3 is 2.67 bits per heavy atom. The SMILES string of the molecule is COC1=CC=CC(C(=N)C#Cc2cncc(C(=O)Nc3ccc(CN4CCN(C)CC4)c(C(F)(F)F)c3)c2)C1N. The summed E-state index contributed by atoms with van der Waals surface area (Å²) in [6.07, 6.45) is 3.40.